The average molecular weight is 250 g/mol. The Kier molecular flexibility index (Phi) is 1.60. The highest BCUT2D eigenvalue weighted by Gasteiger charge is 2.95. The number of hydrogen-bond donors (Lipinski definition) is 0. The Balaban J connectivity index is 1.77. The van der Waals surface area contributed by atoms with Gasteiger partial charge in [-0.05, 0) is 34.1 Å². The van der Waals surface area contributed by atoms with E-state index in [1.807, 2.05) is 13.8 Å². The van der Waals surface area contributed by atoms with E-state index in [2.05, 4.69) is 0 Å². The molecule has 4 nitrogen and oxygen atoms in total. The summed E-state index contributed by atoms with van der Waals surface area (Å²) in [5.41, 5.74) is -0.616. The van der Waals surface area contributed by atoms with Crippen molar-refractivity contribution in [2.24, 2.45) is 22.7 Å². The molecule has 0 radical (unpaired) electrons. The predicted molar refractivity (Wildman–Crippen MR) is 61.7 cm³/mol. The molecule has 1 heterocycles. The first kappa shape index (κ1) is 11.1. The lowest BCUT2D eigenvalue weighted by Crippen LogP contribution is -2.80. The molecule has 1 aliphatic heterocycles. The highest BCUT2D eigenvalue weighted by Crippen LogP contribution is 2.89. The summed E-state index contributed by atoms with van der Waals surface area (Å²) in [6, 6.07) is 0. The van der Waals surface area contributed by atoms with E-state index in [1.165, 1.54) is 0 Å². The molecule has 0 N–H and O–H groups in total. The molecule has 4 bridgehead atoms. The van der Waals surface area contributed by atoms with Crippen LogP contribution in [0.4, 0.5) is 0 Å². The summed E-state index contributed by atoms with van der Waals surface area (Å²) in [5, 5.41) is 0. The van der Waals surface area contributed by atoms with Crippen LogP contribution >= 0.6 is 0 Å². The molecule has 2 unspecified atom stereocenters. The Morgan fingerprint density at radius 3 is 1.67 bits per heavy atom. The van der Waals surface area contributed by atoms with Crippen LogP contribution in [0.1, 0.15) is 34.1 Å². The van der Waals surface area contributed by atoms with Crippen molar-refractivity contribution in [1.82, 2.24) is 0 Å². The zero-order valence-corrected chi connectivity index (χ0v) is 11.1. The lowest BCUT2D eigenvalue weighted by Gasteiger charge is -2.75. The zero-order chi connectivity index (χ0) is 13.1. The molecule has 0 amide bonds. The number of carbonyl (C=O) groups is 2. The fourth-order valence-corrected chi connectivity index (χ4v) is 5.50. The molecule has 6 aliphatic rings. The molecule has 6 fully saturated rings. The summed E-state index contributed by atoms with van der Waals surface area (Å²) in [7, 11) is 0. The minimum Gasteiger partial charge on any atom is -0.344 e. The average Bonchev–Trinajstić information content (AvgIpc) is 2.53. The van der Waals surface area contributed by atoms with Crippen LogP contribution in [0.3, 0.4) is 0 Å². The normalized spacial score (nSPS) is 57.6. The summed E-state index contributed by atoms with van der Waals surface area (Å²) in [5.74, 6) is -0.0247. The standard InChI is InChI=1S/C14H18O4/c1-6(15)13-5-14(7(2)16)10(13)8-9(11(13)14)18-12(3,4)17-8/h8-11H,5H2,1-4H3. The quantitative estimate of drug-likeness (QED) is 0.741. The van der Waals surface area contributed by atoms with Crippen LogP contribution in [-0.4, -0.2) is 29.6 Å². The van der Waals surface area contributed by atoms with E-state index >= 15 is 0 Å². The number of hydrogen-bond acceptors (Lipinski definition) is 4. The van der Waals surface area contributed by atoms with Crippen molar-refractivity contribution >= 4 is 11.6 Å². The fraction of sp³-hybridized carbons (Fsp3) is 0.857. The van der Waals surface area contributed by atoms with Gasteiger partial charge in [0, 0.05) is 22.7 Å². The third-order valence-corrected chi connectivity index (χ3v) is 5.94. The number of rotatable bonds is 2. The van der Waals surface area contributed by atoms with Gasteiger partial charge < -0.3 is 9.47 Å². The fourth-order valence-electron chi connectivity index (χ4n) is 5.50. The molecular weight excluding hydrogens is 232 g/mol. The van der Waals surface area contributed by atoms with Gasteiger partial charge in [0.1, 0.15) is 11.6 Å². The van der Waals surface area contributed by atoms with E-state index in [0.717, 1.165) is 6.42 Å². The molecular formula is C14H18O4. The molecule has 5 saturated carbocycles. The summed E-state index contributed by atoms with van der Waals surface area (Å²) in [6.45, 7) is 7.10. The van der Waals surface area contributed by atoms with Gasteiger partial charge in [0.25, 0.3) is 0 Å². The van der Waals surface area contributed by atoms with Crippen LogP contribution in [0.15, 0.2) is 0 Å². The molecule has 0 aromatic rings. The molecule has 18 heavy (non-hydrogen) atoms. The maximum Gasteiger partial charge on any atom is 0.163 e. The molecule has 0 aromatic heterocycles. The van der Waals surface area contributed by atoms with Gasteiger partial charge >= 0.3 is 0 Å². The number of carbonyl (C=O) groups excluding carboxylic acids is 2. The van der Waals surface area contributed by atoms with E-state index in [1.54, 1.807) is 13.8 Å². The van der Waals surface area contributed by atoms with Crippen molar-refractivity contribution in [3.05, 3.63) is 0 Å². The van der Waals surface area contributed by atoms with Gasteiger partial charge in [0.2, 0.25) is 0 Å². The first-order valence-corrected chi connectivity index (χ1v) is 6.65. The third kappa shape index (κ3) is 0.775. The Morgan fingerprint density at radius 2 is 1.33 bits per heavy atom. The zero-order valence-electron chi connectivity index (χ0n) is 11.1. The van der Waals surface area contributed by atoms with Gasteiger partial charge in [-0.2, -0.15) is 0 Å². The van der Waals surface area contributed by atoms with E-state index in [4.69, 9.17) is 9.47 Å². The Hall–Kier alpha value is -0.740. The summed E-state index contributed by atoms with van der Waals surface area (Å²) < 4.78 is 11.9. The van der Waals surface area contributed by atoms with Gasteiger partial charge in [0.15, 0.2) is 5.79 Å². The highest BCUT2D eigenvalue weighted by atomic mass is 16.8. The van der Waals surface area contributed by atoms with E-state index in [9.17, 15) is 9.59 Å². The van der Waals surface area contributed by atoms with Gasteiger partial charge in [0.05, 0.1) is 12.2 Å². The Bertz CT molecular complexity index is 442. The summed E-state index contributed by atoms with van der Waals surface area (Å²) >= 11 is 0. The molecule has 6 rings (SSSR count). The van der Waals surface area contributed by atoms with E-state index in [-0.39, 0.29) is 46.4 Å². The van der Waals surface area contributed by atoms with Crippen LogP contribution in [0.5, 0.6) is 0 Å². The van der Waals surface area contributed by atoms with Crippen molar-refractivity contribution in [1.29, 1.82) is 0 Å². The number of ether oxygens (including phenoxy) is 2. The second-order valence-corrected chi connectivity index (χ2v) is 6.89. The van der Waals surface area contributed by atoms with Gasteiger partial charge in [-0.3, -0.25) is 9.59 Å². The van der Waals surface area contributed by atoms with E-state index in [0.29, 0.717) is 0 Å². The summed E-state index contributed by atoms with van der Waals surface area (Å²) in [4.78, 5) is 24.0. The number of ketones is 2. The van der Waals surface area contributed by atoms with Gasteiger partial charge in [-0.25, -0.2) is 0 Å². The van der Waals surface area contributed by atoms with Crippen molar-refractivity contribution in [3.63, 3.8) is 0 Å². The minimum atomic E-state index is -0.574. The van der Waals surface area contributed by atoms with Crippen molar-refractivity contribution < 1.29 is 19.1 Å². The SMILES string of the molecule is CC(=O)C12CC3(C(C)=O)C1C1OC(C)(C)OC1C23. The number of Topliss-reactive ketones (excluding diaryl/α,β-unsaturated/α-hetero) is 2. The lowest BCUT2D eigenvalue weighted by molar-refractivity contribution is -0.314. The molecule has 0 aromatic carbocycles. The van der Waals surface area contributed by atoms with Crippen LogP contribution in [0.2, 0.25) is 0 Å². The maximum atomic E-state index is 12.0. The Morgan fingerprint density at radius 1 is 0.944 bits per heavy atom. The van der Waals surface area contributed by atoms with Crippen LogP contribution in [0, 0.1) is 22.7 Å². The largest absolute Gasteiger partial charge is 0.344 e. The second-order valence-electron chi connectivity index (χ2n) is 6.89. The van der Waals surface area contributed by atoms with Gasteiger partial charge in [-0.15, -0.1) is 0 Å². The second kappa shape index (κ2) is 2.59. The lowest BCUT2D eigenvalue weighted by atomic mass is 9.25. The van der Waals surface area contributed by atoms with Crippen LogP contribution in [-0.2, 0) is 19.1 Å². The molecule has 98 valence electrons. The van der Waals surface area contributed by atoms with Crippen LogP contribution in [0.25, 0.3) is 0 Å². The topological polar surface area (TPSA) is 52.6 Å². The first-order chi connectivity index (χ1) is 8.27. The molecule has 2 atom stereocenters. The van der Waals surface area contributed by atoms with Crippen molar-refractivity contribution in [3.8, 4) is 0 Å². The van der Waals surface area contributed by atoms with Crippen molar-refractivity contribution in [2.45, 2.75) is 52.1 Å². The first-order valence-electron chi connectivity index (χ1n) is 6.65. The maximum absolute atomic E-state index is 12.0. The monoisotopic (exact) mass is 250 g/mol. The summed E-state index contributed by atoms with van der Waals surface area (Å²) in [6.07, 6.45) is 0.596. The molecule has 5 aliphatic carbocycles. The van der Waals surface area contributed by atoms with Gasteiger partial charge in [-0.1, -0.05) is 0 Å². The van der Waals surface area contributed by atoms with Crippen LogP contribution < -0.4 is 0 Å². The Labute approximate surface area is 106 Å². The minimum absolute atomic E-state index is 0.0634. The van der Waals surface area contributed by atoms with E-state index < -0.39 is 5.79 Å². The predicted octanol–water partition coefficient (Wildman–Crippen LogP) is 1.32. The molecule has 4 heteroatoms. The third-order valence-electron chi connectivity index (χ3n) is 5.94. The smallest absolute Gasteiger partial charge is 0.163 e. The molecule has 0 spiro atoms. The molecule has 1 saturated heterocycles. The highest BCUT2D eigenvalue weighted by molar-refractivity contribution is 5.99. The van der Waals surface area contributed by atoms with Crippen molar-refractivity contribution in [2.75, 3.05) is 0 Å².